The van der Waals surface area contributed by atoms with Gasteiger partial charge in [0.05, 0.1) is 6.42 Å². The zero-order chi connectivity index (χ0) is 24.0. The number of hydrogen-bond donors (Lipinski definition) is 2. The molecule has 0 bridgehead atoms. The van der Waals surface area contributed by atoms with E-state index < -0.39 is 13.8 Å². The number of carboxylic acids is 1. The molecule has 3 rings (SSSR count). The maximum atomic E-state index is 12.4. The van der Waals surface area contributed by atoms with Crippen LogP contribution in [0.4, 0.5) is 0 Å². The van der Waals surface area contributed by atoms with Gasteiger partial charge in [0.2, 0.25) is 0 Å². The first-order chi connectivity index (χ1) is 15.6. The smallest absolute Gasteiger partial charge is 0.481 e. The largest absolute Gasteiger partial charge is 0.584 e. The summed E-state index contributed by atoms with van der Waals surface area (Å²) >= 11 is 0. The number of benzene rings is 3. The zero-order valence-electron chi connectivity index (χ0n) is 18.4. The number of carbonyl (C=O) groups excluding carboxylic acids is 1. The second-order valence-corrected chi connectivity index (χ2v) is 9.11. The van der Waals surface area contributed by atoms with Crippen LogP contribution in [0, 0.1) is 13.8 Å². The fourth-order valence-corrected chi connectivity index (χ4v) is 4.17. The lowest BCUT2D eigenvalue weighted by Gasteiger charge is -2.15. The second-order valence-electron chi connectivity index (χ2n) is 7.81. The average Bonchev–Trinajstić information content (AvgIpc) is 2.71. The van der Waals surface area contributed by atoms with Crippen molar-refractivity contribution >= 4 is 19.6 Å². The van der Waals surface area contributed by atoms with E-state index in [-0.39, 0.29) is 30.1 Å². The molecule has 7 nitrogen and oxygen atoms in total. The average molecular weight is 468 g/mol. The molecule has 0 aliphatic carbocycles. The number of hydrogen-bond acceptors (Lipinski definition) is 5. The van der Waals surface area contributed by atoms with Crippen molar-refractivity contribution in [3.8, 4) is 11.5 Å². The van der Waals surface area contributed by atoms with Crippen LogP contribution in [-0.4, -0.2) is 21.8 Å². The SMILES string of the molecule is Cc1cc(C)cc(OP(=O)(O)Oc2ccc(CCC(=O)c3ccc(CC(=O)O)cc3)cc2)c1. The number of aryl methyl sites for hydroxylation is 3. The molecule has 0 heterocycles. The van der Waals surface area contributed by atoms with Crippen LogP contribution >= 0.6 is 7.82 Å². The van der Waals surface area contributed by atoms with Crippen LogP contribution in [0.15, 0.2) is 66.7 Å². The van der Waals surface area contributed by atoms with E-state index in [4.69, 9.17) is 14.2 Å². The van der Waals surface area contributed by atoms with E-state index in [0.29, 0.717) is 17.5 Å². The van der Waals surface area contributed by atoms with Gasteiger partial charge in [0.1, 0.15) is 11.5 Å². The Morgan fingerprint density at radius 3 is 1.94 bits per heavy atom. The molecule has 172 valence electrons. The van der Waals surface area contributed by atoms with Crippen molar-refractivity contribution < 1.29 is 33.2 Å². The van der Waals surface area contributed by atoms with E-state index in [0.717, 1.165) is 16.7 Å². The van der Waals surface area contributed by atoms with Gasteiger partial charge in [0.15, 0.2) is 5.78 Å². The number of aliphatic carboxylic acids is 1. The lowest BCUT2D eigenvalue weighted by atomic mass is 10.0. The van der Waals surface area contributed by atoms with Crippen LogP contribution in [0.5, 0.6) is 11.5 Å². The van der Waals surface area contributed by atoms with E-state index in [1.165, 1.54) is 0 Å². The third kappa shape index (κ3) is 7.59. The number of phosphoric acid groups is 1. The molecule has 8 heteroatoms. The third-order valence-electron chi connectivity index (χ3n) is 4.83. The molecule has 1 unspecified atom stereocenters. The molecular weight excluding hydrogens is 443 g/mol. The van der Waals surface area contributed by atoms with Crippen LogP contribution in [0.3, 0.4) is 0 Å². The molecule has 0 amide bonds. The number of ketones is 1. The summed E-state index contributed by atoms with van der Waals surface area (Å²) in [6.07, 6.45) is 0.665. The minimum Gasteiger partial charge on any atom is -0.481 e. The van der Waals surface area contributed by atoms with Gasteiger partial charge >= 0.3 is 13.8 Å². The van der Waals surface area contributed by atoms with Gasteiger partial charge in [0.25, 0.3) is 0 Å². The van der Waals surface area contributed by atoms with Crippen LogP contribution in [0.2, 0.25) is 0 Å². The highest BCUT2D eigenvalue weighted by molar-refractivity contribution is 7.48. The summed E-state index contributed by atoms with van der Waals surface area (Å²) in [6.45, 7) is 3.72. The first-order valence-corrected chi connectivity index (χ1v) is 11.8. The van der Waals surface area contributed by atoms with Crippen molar-refractivity contribution in [3.05, 3.63) is 94.5 Å². The highest BCUT2D eigenvalue weighted by atomic mass is 31.2. The van der Waals surface area contributed by atoms with E-state index in [1.807, 2.05) is 19.9 Å². The highest BCUT2D eigenvalue weighted by Crippen LogP contribution is 2.44. The fraction of sp³-hybridized carbons (Fsp3) is 0.200. The molecule has 0 spiro atoms. The monoisotopic (exact) mass is 468 g/mol. The van der Waals surface area contributed by atoms with Crippen LogP contribution in [-0.2, 0) is 22.2 Å². The number of rotatable bonds is 10. The summed E-state index contributed by atoms with van der Waals surface area (Å²) in [7, 11) is -4.37. The molecule has 1 atom stereocenters. The van der Waals surface area contributed by atoms with Crippen molar-refractivity contribution in [2.24, 2.45) is 0 Å². The summed E-state index contributed by atoms with van der Waals surface area (Å²) < 4.78 is 22.7. The van der Waals surface area contributed by atoms with Gasteiger partial charge < -0.3 is 14.2 Å². The quantitative estimate of drug-likeness (QED) is 0.307. The van der Waals surface area contributed by atoms with Gasteiger partial charge in [-0.1, -0.05) is 42.5 Å². The molecule has 0 aliphatic rings. The summed E-state index contributed by atoms with van der Waals surface area (Å²) in [4.78, 5) is 33.2. The minimum absolute atomic E-state index is 0.0566. The van der Waals surface area contributed by atoms with Crippen molar-refractivity contribution in [1.82, 2.24) is 0 Å². The van der Waals surface area contributed by atoms with Crippen molar-refractivity contribution in [3.63, 3.8) is 0 Å². The van der Waals surface area contributed by atoms with Gasteiger partial charge in [-0.25, -0.2) is 4.57 Å². The van der Waals surface area contributed by atoms with Crippen LogP contribution in [0.25, 0.3) is 0 Å². The van der Waals surface area contributed by atoms with Crippen molar-refractivity contribution in [1.29, 1.82) is 0 Å². The normalized spacial score (nSPS) is 12.6. The molecule has 33 heavy (non-hydrogen) atoms. The fourth-order valence-electron chi connectivity index (χ4n) is 3.37. The Labute approximate surface area is 192 Å². The Morgan fingerprint density at radius 1 is 0.818 bits per heavy atom. The number of Topliss-reactive ketones (excluding diaryl/α,β-unsaturated/α-hetero) is 1. The Bertz CT molecular complexity index is 1160. The Morgan fingerprint density at radius 2 is 1.36 bits per heavy atom. The van der Waals surface area contributed by atoms with E-state index >= 15 is 0 Å². The second kappa shape index (κ2) is 10.5. The number of carboxylic acid groups (broad SMARTS) is 1. The van der Waals surface area contributed by atoms with Gasteiger partial charge in [-0.2, -0.15) is 0 Å². The molecule has 2 N–H and O–H groups in total. The summed E-state index contributed by atoms with van der Waals surface area (Å²) in [5.74, 6) is -0.548. The summed E-state index contributed by atoms with van der Waals surface area (Å²) in [5.41, 5.74) is 3.83. The van der Waals surface area contributed by atoms with Crippen molar-refractivity contribution in [2.45, 2.75) is 33.1 Å². The Kier molecular flexibility index (Phi) is 7.69. The molecule has 0 fully saturated rings. The zero-order valence-corrected chi connectivity index (χ0v) is 19.2. The maximum absolute atomic E-state index is 12.4. The number of phosphoric ester groups is 1. The molecule has 0 saturated carbocycles. The van der Waals surface area contributed by atoms with Gasteiger partial charge in [-0.3, -0.25) is 14.5 Å². The molecule has 3 aromatic carbocycles. The minimum atomic E-state index is -4.37. The molecule has 0 saturated heterocycles. The first-order valence-electron chi connectivity index (χ1n) is 10.3. The third-order valence-corrected chi connectivity index (χ3v) is 5.72. The predicted octanol–water partition coefficient (Wildman–Crippen LogP) is 5.30. The topological polar surface area (TPSA) is 110 Å². The Balaban J connectivity index is 1.54. The molecular formula is C25H25O7P. The number of carbonyl (C=O) groups is 2. The molecule has 0 aromatic heterocycles. The van der Waals surface area contributed by atoms with Crippen LogP contribution < -0.4 is 9.05 Å². The van der Waals surface area contributed by atoms with Crippen LogP contribution in [0.1, 0.15) is 39.0 Å². The lowest BCUT2D eigenvalue weighted by Crippen LogP contribution is -2.03. The highest BCUT2D eigenvalue weighted by Gasteiger charge is 2.25. The van der Waals surface area contributed by atoms with Gasteiger partial charge in [-0.05, 0) is 66.8 Å². The maximum Gasteiger partial charge on any atom is 0.584 e. The van der Waals surface area contributed by atoms with Crippen molar-refractivity contribution in [2.75, 3.05) is 0 Å². The van der Waals surface area contributed by atoms with Gasteiger partial charge in [-0.15, -0.1) is 0 Å². The summed E-state index contributed by atoms with van der Waals surface area (Å²) in [5, 5.41) is 8.81. The standard InChI is InChI=1S/C25H25O7P/c1-17-13-18(2)15-23(14-17)32-33(29,30)31-22-10-5-19(6-11-22)7-12-24(26)21-8-3-20(4-9-21)16-25(27)28/h3-6,8-11,13-15H,7,12,16H2,1-2H3,(H,27,28)(H,29,30). The molecule has 0 aliphatic heterocycles. The lowest BCUT2D eigenvalue weighted by molar-refractivity contribution is -0.136. The van der Waals surface area contributed by atoms with Gasteiger partial charge in [0, 0.05) is 12.0 Å². The van der Waals surface area contributed by atoms with E-state index in [9.17, 15) is 19.0 Å². The molecule has 0 radical (unpaired) electrons. The Hall–Kier alpha value is -3.41. The molecule has 3 aromatic rings. The van der Waals surface area contributed by atoms with E-state index in [2.05, 4.69) is 0 Å². The predicted molar refractivity (Wildman–Crippen MR) is 124 cm³/mol. The van der Waals surface area contributed by atoms with E-state index in [1.54, 1.807) is 60.7 Å². The first kappa shape index (κ1) is 24.2. The summed E-state index contributed by atoms with van der Waals surface area (Å²) in [6, 6.07) is 18.3.